The van der Waals surface area contributed by atoms with Crippen LogP contribution in [-0.4, -0.2) is 32.8 Å². The molecule has 21 heavy (non-hydrogen) atoms. The van der Waals surface area contributed by atoms with Gasteiger partial charge in [0.05, 0.1) is 4.90 Å². The van der Waals surface area contributed by atoms with Crippen molar-refractivity contribution >= 4 is 34.2 Å². The monoisotopic (exact) mass is 348 g/mol. The van der Waals surface area contributed by atoms with E-state index in [1.54, 1.807) is 30.0 Å². The van der Waals surface area contributed by atoms with Gasteiger partial charge in [0.2, 0.25) is 10.0 Å². The van der Waals surface area contributed by atoms with Crippen LogP contribution in [0, 0.1) is 0 Å². The zero-order valence-electron chi connectivity index (χ0n) is 11.9. The average molecular weight is 349 g/mol. The van der Waals surface area contributed by atoms with Gasteiger partial charge >= 0.3 is 0 Å². The lowest BCUT2D eigenvalue weighted by atomic mass is 10.0. The van der Waals surface area contributed by atoms with Gasteiger partial charge in [0.1, 0.15) is 0 Å². The normalized spacial score (nSPS) is 28.1. The van der Waals surface area contributed by atoms with Crippen LogP contribution < -0.4 is 10.0 Å². The van der Waals surface area contributed by atoms with E-state index in [1.165, 1.54) is 12.8 Å². The molecule has 0 radical (unpaired) electrons. The number of fused-ring (bicyclic) bond motifs is 2. The molecule has 1 aromatic carbocycles. The van der Waals surface area contributed by atoms with Gasteiger partial charge < -0.3 is 5.32 Å². The number of benzene rings is 1. The molecule has 0 saturated carbocycles. The summed E-state index contributed by atoms with van der Waals surface area (Å²) in [4.78, 5) is 1.34. The van der Waals surface area contributed by atoms with Gasteiger partial charge in [-0.15, -0.1) is 24.2 Å². The molecule has 118 valence electrons. The van der Waals surface area contributed by atoms with E-state index in [0.29, 0.717) is 17.0 Å². The first-order valence-electron chi connectivity index (χ1n) is 6.99. The fourth-order valence-corrected chi connectivity index (χ4v) is 5.05. The van der Waals surface area contributed by atoms with Crippen molar-refractivity contribution in [1.82, 2.24) is 10.0 Å². The Morgan fingerprint density at radius 2 is 1.90 bits per heavy atom. The lowest BCUT2D eigenvalue weighted by molar-refractivity contribution is 0.345. The molecule has 2 saturated heterocycles. The number of halogens is 1. The zero-order valence-corrected chi connectivity index (χ0v) is 14.4. The standard InChI is InChI=1S/C14H20N2O2S2.ClH/c1-19-13-3-2-4-14(9-13)20(17,18)16-12-7-10-5-6-11(8-12)15-10;/h2-4,9-12,15-16H,5-8H2,1H3;1H. The molecule has 2 fully saturated rings. The van der Waals surface area contributed by atoms with E-state index in [2.05, 4.69) is 10.0 Å². The second-order valence-corrected chi connectivity index (χ2v) is 8.20. The summed E-state index contributed by atoms with van der Waals surface area (Å²) in [6.07, 6.45) is 6.09. The number of sulfonamides is 1. The molecule has 0 amide bonds. The van der Waals surface area contributed by atoms with Crippen LogP contribution >= 0.6 is 24.2 Å². The fourth-order valence-electron chi connectivity index (χ4n) is 3.21. The minimum Gasteiger partial charge on any atom is -0.311 e. The third-order valence-electron chi connectivity index (χ3n) is 4.15. The molecule has 2 aliphatic rings. The molecule has 2 unspecified atom stereocenters. The van der Waals surface area contributed by atoms with Gasteiger partial charge in [-0.25, -0.2) is 13.1 Å². The zero-order chi connectivity index (χ0) is 14.2. The summed E-state index contributed by atoms with van der Waals surface area (Å²) < 4.78 is 27.8. The first kappa shape index (κ1) is 17.1. The molecule has 1 aromatic rings. The number of rotatable bonds is 4. The Morgan fingerprint density at radius 1 is 1.24 bits per heavy atom. The van der Waals surface area contributed by atoms with Gasteiger partial charge in [0.15, 0.2) is 0 Å². The van der Waals surface area contributed by atoms with E-state index in [4.69, 9.17) is 0 Å². The van der Waals surface area contributed by atoms with Crippen LogP contribution in [0.1, 0.15) is 25.7 Å². The van der Waals surface area contributed by atoms with Crippen LogP contribution in [0.2, 0.25) is 0 Å². The second kappa shape index (κ2) is 6.87. The topological polar surface area (TPSA) is 58.2 Å². The molecule has 2 heterocycles. The van der Waals surface area contributed by atoms with E-state index < -0.39 is 10.0 Å². The highest BCUT2D eigenvalue weighted by molar-refractivity contribution is 7.98. The minimum atomic E-state index is -3.40. The molecule has 3 rings (SSSR count). The van der Waals surface area contributed by atoms with Crippen LogP contribution in [0.15, 0.2) is 34.1 Å². The molecular weight excluding hydrogens is 328 g/mol. The Balaban J connectivity index is 0.00000161. The molecule has 0 aliphatic carbocycles. The minimum absolute atomic E-state index is 0. The van der Waals surface area contributed by atoms with Crippen molar-refractivity contribution in [2.24, 2.45) is 0 Å². The van der Waals surface area contributed by atoms with Gasteiger partial charge in [0, 0.05) is 23.0 Å². The molecule has 0 aromatic heterocycles. The van der Waals surface area contributed by atoms with Crippen molar-refractivity contribution in [3.63, 3.8) is 0 Å². The second-order valence-electron chi connectivity index (χ2n) is 5.61. The Kier molecular flexibility index (Phi) is 5.59. The van der Waals surface area contributed by atoms with Gasteiger partial charge in [-0.05, 0) is 50.1 Å². The van der Waals surface area contributed by atoms with Crippen LogP contribution in [0.4, 0.5) is 0 Å². The molecule has 7 heteroatoms. The first-order valence-corrected chi connectivity index (χ1v) is 9.70. The Morgan fingerprint density at radius 3 is 2.52 bits per heavy atom. The maximum absolute atomic E-state index is 12.5. The van der Waals surface area contributed by atoms with Gasteiger partial charge in [-0.1, -0.05) is 6.07 Å². The number of thioether (sulfide) groups is 1. The highest BCUT2D eigenvalue weighted by Crippen LogP contribution is 2.28. The molecule has 2 bridgehead atoms. The summed E-state index contributed by atoms with van der Waals surface area (Å²) in [5.74, 6) is 0. The van der Waals surface area contributed by atoms with Crippen molar-refractivity contribution in [3.05, 3.63) is 24.3 Å². The summed E-state index contributed by atoms with van der Waals surface area (Å²) in [6.45, 7) is 0. The van der Waals surface area contributed by atoms with E-state index in [1.807, 2.05) is 12.3 Å². The first-order chi connectivity index (χ1) is 9.56. The fraction of sp³-hybridized carbons (Fsp3) is 0.571. The molecule has 2 aliphatic heterocycles. The number of hydrogen-bond acceptors (Lipinski definition) is 4. The van der Waals surface area contributed by atoms with Gasteiger partial charge in [-0.2, -0.15) is 0 Å². The highest BCUT2D eigenvalue weighted by atomic mass is 35.5. The maximum atomic E-state index is 12.5. The summed E-state index contributed by atoms with van der Waals surface area (Å²) >= 11 is 1.55. The Bertz CT molecular complexity index is 582. The van der Waals surface area contributed by atoms with Crippen LogP contribution in [-0.2, 0) is 10.0 Å². The molecule has 4 nitrogen and oxygen atoms in total. The summed E-state index contributed by atoms with van der Waals surface area (Å²) in [5.41, 5.74) is 0. The van der Waals surface area contributed by atoms with Gasteiger partial charge in [-0.3, -0.25) is 0 Å². The van der Waals surface area contributed by atoms with E-state index in [9.17, 15) is 8.42 Å². The van der Waals surface area contributed by atoms with Crippen molar-refractivity contribution in [2.45, 2.75) is 53.6 Å². The van der Waals surface area contributed by atoms with Crippen molar-refractivity contribution in [3.8, 4) is 0 Å². The third-order valence-corrected chi connectivity index (χ3v) is 6.39. The summed E-state index contributed by atoms with van der Waals surface area (Å²) in [6, 6.07) is 8.16. The van der Waals surface area contributed by atoms with Crippen LogP contribution in [0.25, 0.3) is 0 Å². The molecule has 2 N–H and O–H groups in total. The number of piperidine rings is 1. The lowest BCUT2D eigenvalue weighted by Gasteiger charge is -2.29. The smallest absolute Gasteiger partial charge is 0.240 e. The molecule has 2 atom stereocenters. The molecular formula is C14H21ClN2O2S2. The summed E-state index contributed by atoms with van der Waals surface area (Å²) in [7, 11) is -3.40. The largest absolute Gasteiger partial charge is 0.311 e. The third kappa shape index (κ3) is 3.93. The van der Waals surface area contributed by atoms with E-state index in [-0.39, 0.29) is 18.4 Å². The predicted molar refractivity (Wildman–Crippen MR) is 88.8 cm³/mol. The lowest BCUT2D eigenvalue weighted by Crippen LogP contribution is -2.47. The van der Waals surface area contributed by atoms with Crippen LogP contribution in [0.3, 0.4) is 0 Å². The number of hydrogen-bond donors (Lipinski definition) is 2. The van der Waals surface area contributed by atoms with Crippen LogP contribution in [0.5, 0.6) is 0 Å². The number of nitrogens with one attached hydrogen (secondary N) is 2. The van der Waals surface area contributed by atoms with E-state index >= 15 is 0 Å². The van der Waals surface area contributed by atoms with Gasteiger partial charge in [0.25, 0.3) is 0 Å². The molecule has 0 spiro atoms. The maximum Gasteiger partial charge on any atom is 0.240 e. The SMILES string of the molecule is CSc1cccc(S(=O)(=O)NC2CC3CCC(C2)N3)c1.Cl. The summed E-state index contributed by atoms with van der Waals surface area (Å²) in [5, 5.41) is 3.53. The quantitative estimate of drug-likeness (QED) is 0.820. The average Bonchev–Trinajstić information content (AvgIpc) is 2.77. The van der Waals surface area contributed by atoms with Crippen molar-refractivity contribution in [2.75, 3.05) is 6.26 Å². The van der Waals surface area contributed by atoms with Crippen molar-refractivity contribution in [1.29, 1.82) is 0 Å². The predicted octanol–water partition coefficient (Wildman–Crippen LogP) is 2.39. The van der Waals surface area contributed by atoms with E-state index in [0.717, 1.165) is 17.7 Å². The Labute approximate surface area is 136 Å². The Hall–Kier alpha value is -0.270. The highest BCUT2D eigenvalue weighted by Gasteiger charge is 2.35. The van der Waals surface area contributed by atoms with Crippen molar-refractivity contribution < 1.29 is 8.42 Å².